The first-order valence-electron chi connectivity index (χ1n) is 8.46. The summed E-state index contributed by atoms with van der Waals surface area (Å²) in [6, 6.07) is 14.9. The van der Waals surface area contributed by atoms with Gasteiger partial charge < -0.3 is 15.3 Å². The molecular formula is C20H26N2O. The minimum absolute atomic E-state index is 0.138. The first kappa shape index (κ1) is 15.9. The van der Waals surface area contributed by atoms with E-state index in [0.717, 1.165) is 32.5 Å². The van der Waals surface area contributed by atoms with Gasteiger partial charge in [0.2, 0.25) is 0 Å². The molecule has 2 N–H and O–H groups in total. The van der Waals surface area contributed by atoms with Gasteiger partial charge in [-0.15, -0.1) is 0 Å². The molecule has 1 aliphatic heterocycles. The monoisotopic (exact) mass is 310 g/mol. The summed E-state index contributed by atoms with van der Waals surface area (Å²) in [5, 5.41) is 13.3. The van der Waals surface area contributed by atoms with Crippen molar-refractivity contribution in [2.24, 2.45) is 0 Å². The number of aryl methyl sites for hydroxylation is 2. The first-order valence-corrected chi connectivity index (χ1v) is 8.46. The van der Waals surface area contributed by atoms with Gasteiger partial charge in [0.1, 0.15) is 0 Å². The molecule has 23 heavy (non-hydrogen) atoms. The number of nitrogens with one attached hydrogen (secondary N) is 1. The normalized spacial score (nSPS) is 15.7. The lowest BCUT2D eigenvalue weighted by Crippen LogP contribution is -2.36. The molecule has 3 heteroatoms. The number of para-hydroxylation sites is 2. The summed E-state index contributed by atoms with van der Waals surface area (Å²) in [5.41, 5.74) is 6.45. The summed E-state index contributed by atoms with van der Waals surface area (Å²) in [5.74, 6) is 0. The molecule has 1 saturated heterocycles. The highest BCUT2D eigenvalue weighted by molar-refractivity contribution is 5.70. The van der Waals surface area contributed by atoms with Crippen molar-refractivity contribution in [1.29, 1.82) is 0 Å². The number of aliphatic hydroxyl groups excluding tert-OH is 1. The van der Waals surface area contributed by atoms with E-state index in [9.17, 15) is 5.11 Å². The molecule has 2 aromatic carbocycles. The predicted octanol–water partition coefficient (Wildman–Crippen LogP) is 3.88. The molecule has 1 heterocycles. The summed E-state index contributed by atoms with van der Waals surface area (Å²) in [6.07, 6.45) is 1.57. The second kappa shape index (κ2) is 7.05. The topological polar surface area (TPSA) is 35.5 Å². The number of piperidine rings is 1. The minimum Gasteiger partial charge on any atom is -0.393 e. The largest absolute Gasteiger partial charge is 0.393 e. The third-order valence-corrected chi connectivity index (χ3v) is 4.81. The molecule has 3 rings (SSSR count). The first-order chi connectivity index (χ1) is 11.1. The zero-order valence-corrected chi connectivity index (χ0v) is 14.0. The number of hydrogen-bond acceptors (Lipinski definition) is 3. The van der Waals surface area contributed by atoms with Crippen LogP contribution in [-0.2, 0) is 6.54 Å². The summed E-state index contributed by atoms with van der Waals surface area (Å²) >= 11 is 0. The van der Waals surface area contributed by atoms with Crippen molar-refractivity contribution < 1.29 is 5.11 Å². The maximum absolute atomic E-state index is 9.71. The van der Waals surface area contributed by atoms with Crippen LogP contribution in [0.2, 0.25) is 0 Å². The maximum atomic E-state index is 9.71. The highest BCUT2D eigenvalue weighted by Gasteiger charge is 2.19. The second-order valence-electron chi connectivity index (χ2n) is 6.46. The van der Waals surface area contributed by atoms with Gasteiger partial charge in [-0.3, -0.25) is 0 Å². The summed E-state index contributed by atoms with van der Waals surface area (Å²) < 4.78 is 0. The molecule has 0 spiro atoms. The van der Waals surface area contributed by atoms with Crippen LogP contribution in [0.4, 0.5) is 11.4 Å². The number of aliphatic hydroxyl groups is 1. The SMILES string of the molecule is Cc1cccc(C)c1CNc1ccccc1N1CCC(O)CC1. The van der Waals surface area contributed by atoms with Crippen LogP contribution < -0.4 is 10.2 Å². The van der Waals surface area contributed by atoms with Crippen molar-refractivity contribution in [1.82, 2.24) is 0 Å². The van der Waals surface area contributed by atoms with E-state index < -0.39 is 0 Å². The molecule has 0 unspecified atom stereocenters. The standard InChI is InChI=1S/C20H26N2O/c1-15-6-5-7-16(2)18(15)14-21-19-8-3-4-9-20(19)22-12-10-17(23)11-13-22/h3-9,17,21,23H,10-14H2,1-2H3. The summed E-state index contributed by atoms with van der Waals surface area (Å²) in [6.45, 7) is 7.02. The molecule has 1 fully saturated rings. The van der Waals surface area contributed by atoms with E-state index >= 15 is 0 Å². The van der Waals surface area contributed by atoms with Gasteiger partial charge in [0.15, 0.2) is 0 Å². The van der Waals surface area contributed by atoms with Gasteiger partial charge in [-0.25, -0.2) is 0 Å². The molecule has 0 amide bonds. The molecule has 0 aliphatic carbocycles. The molecule has 1 aliphatic rings. The fraction of sp³-hybridized carbons (Fsp3) is 0.400. The zero-order chi connectivity index (χ0) is 16.2. The second-order valence-corrected chi connectivity index (χ2v) is 6.46. The van der Waals surface area contributed by atoms with Gasteiger partial charge in [0.05, 0.1) is 17.5 Å². The molecule has 0 atom stereocenters. The summed E-state index contributed by atoms with van der Waals surface area (Å²) in [4.78, 5) is 2.37. The molecule has 0 bridgehead atoms. The number of anilines is 2. The van der Waals surface area contributed by atoms with E-state index in [1.807, 2.05) is 0 Å². The van der Waals surface area contributed by atoms with Crippen LogP contribution in [0.1, 0.15) is 29.5 Å². The van der Waals surface area contributed by atoms with Crippen LogP contribution in [0.5, 0.6) is 0 Å². The molecule has 3 nitrogen and oxygen atoms in total. The van der Waals surface area contributed by atoms with Crippen molar-refractivity contribution in [3.8, 4) is 0 Å². The lowest BCUT2D eigenvalue weighted by atomic mass is 10.0. The van der Waals surface area contributed by atoms with E-state index in [0.29, 0.717) is 0 Å². The number of benzene rings is 2. The Kier molecular flexibility index (Phi) is 4.87. The third-order valence-electron chi connectivity index (χ3n) is 4.81. The van der Waals surface area contributed by atoms with Crippen LogP contribution in [0.3, 0.4) is 0 Å². The average molecular weight is 310 g/mol. The van der Waals surface area contributed by atoms with Gasteiger partial charge in [0, 0.05) is 19.6 Å². The smallest absolute Gasteiger partial charge is 0.0602 e. The van der Waals surface area contributed by atoms with Crippen LogP contribution >= 0.6 is 0 Å². The van der Waals surface area contributed by atoms with Gasteiger partial charge in [-0.2, -0.15) is 0 Å². The fourth-order valence-electron chi connectivity index (χ4n) is 3.32. The van der Waals surface area contributed by atoms with E-state index in [-0.39, 0.29) is 6.10 Å². The van der Waals surface area contributed by atoms with Crippen molar-refractivity contribution in [2.75, 3.05) is 23.3 Å². The van der Waals surface area contributed by atoms with E-state index in [1.165, 1.54) is 28.1 Å². The Hall–Kier alpha value is -2.00. The predicted molar refractivity (Wildman–Crippen MR) is 97.1 cm³/mol. The number of nitrogens with zero attached hydrogens (tertiary/aromatic N) is 1. The maximum Gasteiger partial charge on any atom is 0.0602 e. The van der Waals surface area contributed by atoms with Crippen molar-refractivity contribution >= 4 is 11.4 Å². The summed E-state index contributed by atoms with van der Waals surface area (Å²) in [7, 11) is 0. The van der Waals surface area contributed by atoms with Gasteiger partial charge in [-0.1, -0.05) is 30.3 Å². The molecule has 2 aromatic rings. The number of rotatable bonds is 4. The minimum atomic E-state index is -0.138. The number of hydrogen-bond donors (Lipinski definition) is 2. The molecule has 0 aromatic heterocycles. The quantitative estimate of drug-likeness (QED) is 0.899. The van der Waals surface area contributed by atoms with Gasteiger partial charge in [-0.05, 0) is 55.5 Å². The van der Waals surface area contributed by atoms with Crippen molar-refractivity contribution in [3.05, 3.63) is 59.2 Å². The van der Waals surface area contributed by atoms with Gasteiger partial charge in [0.25, 0.3) is 0 Å². The highest BCUT2D eigenvalue weighted by Crippen LogP contribution is 2.29. The molecule has 0 radical (unpaired) electrons. The Morgan fingerprint density at radius 3 is 2.35 bits per heavy atom. The molecule has 122 valence electrons. The Morgan fingerprint density at radius 2 is 1.65 bits per heavy atom. The van der Waals surface area contributed by atoms with Crippen LogP contribution in [0, 0.1) is 13.8 Å². The van der Waals surface area contributed by atoms with Crippen LogP contribution in [0.25, 0.3) is 0 Å². The van der Waals surface area contributed by atoms with Crippen molar-refractivity contribution in [2.45, 2.75) is 39.3 Å². The third kappa shape index (κ3) is 3.67. The highest BCUT2D eigenvalue weighted by atomic mass is 16.3. The van der Waals surface area contributed by atoms with Gasteiger partial charge >= 0.3 is 0 Å². The Balaban J connectivity index is 1.76. The Labute approximate surface area is 139 Å². The zero-order valence-electron chi connectivity index (χ0n) is 14.0. The van der Waals surface area contributed by atoms with E-state index in [2.05, 4.69) is 66.5 Å². The Bertz CT molecular complexity index is 640. The lowest BCUT2D eigenvalue weighted by molar-refractivity contribution is 0.145. The van der Waals surface area contributed by atoms with E-state index in [1.54, 1.807) is 0 Å². The van der Waals surface area contributed by atoms with E-state index in [4.69, 9.17) is 0 Å². The van der Waals surface area contributed by atoms with Crippen LogP contribution in [0.15, 0.2) is 42.5 Å². The average Bonchev–Trinajstić information content (AvgIpc) is 2.56. The Morgan fingerprint density at radius 1 is 1.00 bits per heavy atom. The van der Waals surface area contributed by atoms with Crippen molar-refractivity contribution in [3.63, 3.8) is 0 Å². The van der Waals surface area contributed by atoms with Crippen LogP contribution in [-0.4, -0.2) is 24.3 Å². The lowest BCUT2D eigenvalue weighted by Gasteiger charge is -2.33. The molecule has 0 saturated carbocycles. The fourth-order valence-corrected chi connectivity index (χ4v) is 3.32. The molecular weight excluding hydrogens is 284 g/mol.